The van der Waals surface area contributed by atoms with Gasteiger partial charge in [-0.25, -0.2) is 4.79 Å². The normalized spacial score (nSPS) is 13.7. The Bertz CT molecular complexity index is 572. The van der Waals surface area contributed by atoms with Crippen molar-refractivity contribution in [1.29, 1.82) is 0 Å². The van der Waals surface area contributed by atoms with Gasteiger partial charge < -0.3 is 19.7 Å². The van der Waals surface area contributed by atoms with Gasteiger partial charge in [-0.2, -0.15) is 0 Å². The second-order valence-electron chi connectivity index (χ2n) is 5.92. The topological polar surface area (TPSA) is 67.9 Å². The van der Waals surface area contributed by atoms with Crippen LogP contribution < -0.4 is 15.0 Å². The summed E-state index contributed by atoms with van der Waals surface area (Å²) < 4.78 is 10.6. The quantitative estimate of drug-likeness (QED) is 0.470. The molecule has 6 heteroatoms. The molecule has 6 nitrogen and oxygen atoms in total. The Kier molecular flexibility index (Phi) is 5.98. The molecule has 0 saturated carbocycles. The van der Waals surface area contributed by atoms with Crippen molar-refractivity contribution in [1.82, 2.24) is 5.32 Å². The van der Waals surface area contributed by atoms with E-state index in [1.165, 1.54) is 0 Å². The summed E-state index contributed by atoms with van der Waals surface area (Å²) in [7, 11) is 0. The van der Waals surface area contributed by atoms with Crippen LogP contribution in [0.4, 0.5) is 5.69 Å². The van der Waals surface area contributed by atoms with Crippen LogP contribution in [0.2, 0.25) is 0 Å². The zero-order valence-electron chi connectivity index (χ0n) is 13.9. The third kappa shape index (κ3) is 5.25. The van der Waals surface area contributed by atoms with Crippen LogP contribution in [0.15, 0.2) is 18.2 Å². The molecule has 2 rings (SSSR count). The van der Waals surface area contributed by atoms with Gasteiger partial charge in [0.2, 0.25) is 5.91 Å². The minimum absolute atomic E-state index is 0.0837. The van der Waals surface area contributed by atoms with Crippen molar-refractivity contribution >= 4 is 17.6 Å². The van der Waals surface area contributed by atoms with Crippen LogP contribution in [0.1, 0.15) is 25.8 Å². The molecule has 1 aromatic carbocycles. The lowest BCUT2D eigenvalue weighted by Crippen LogP contribution is -2.43. The number of carbonyl (C=O) groups excluding carboxylic acids is 2. The van der Waals surface area contributed by atoms with E-state index in [1.807, 2.05) is 32.9 Å². The van der Waals surface area contributed by atoms with Crippen LogP contribution in [0, 0.1) is 6.92 Å². The first-order valence-corrected chi connectivity index (χ1v) is 7.90. The number of hydrogen-bond acceptors (Lipinski definition) is 5. The third-order valence-electron chi connectivity index (χ3n) is 3.43. The fourth-order valence-corrected chi connectivity index (χ4v) is 2.35. The van der Waals surface area contributed by atoms with Crippen molar-refractivity contribution in [3.8, 4) is 5.75 Å². The largest absolute Gasteiger partial charge is 0.423 e. The number of aryl methyl sites for hydroxylation is 1. The number of fused-ring (bicyclic) bond motifs is 1. The van der Waals surface area contributed by atoms with E-state index in [1.54, 1.807) is 11.0 Å². The number of esters is 1. The maximum Gasteiger partial charge on any atom is 0.331 e. The highest BCUT2D eigenvalue weighted by atomic mass is 16.5. The molecule has 0 aromatic heterocycles. The van der Waals surface area contributed by atoms with Crippen molar-refractivity contribution < 1.29 is 19.1 Å². The summed E-state index contributed by atoms with van der Waals surface area (Å²) in [6, 6.07) is 5.56. The minimum atomic E-state index is -0.348. The Hall–Kier alpha value is -2.08. The summed E-state index contributed by atoms with van der Waals surface area (Å²) in [5, 5.41) is 2.85. The van der Waals surface area contributed by atoms with E-state index in [-0.39, 0.29) is 31.1 Å². The van der Waals surface area contributed by atoms with Gasteiger partial charge in [0, 0.05) is 13.2 Å². The smallest absolute Gasteiger partial charge is 0.331 e. The van der Waals surface area contributed by atoms with Crippen LogP contribution in [0.5, 0.6) is 5.75 Å². The Balaban J connectivity index is 1.86. The molecule has 23 heavy (non-hydrogen) atoms. The highest BCUT2D eigenvalue weighted by Gasteiger charge is 2.25. The summed E-state index contributed by atoms with van der Waals surface area (Å²) in [5.74, 6) is 0.0428. The molecule has 126 valence electrons. The average Bonchev–Trinajstić information content (AvgIpc) is 2.47. The van der Waals surface area contributed by atoms with E-state index in [2.05, 4.69) is 5.32 Å². The molecule has 1 N–H and O–H groups in total. The monoisotopic (exact) mass is 320 g/mol. The van der Waals surface area contributed by atoms with Crippen LogP contribution in [-0.2, 0) is 14.3 Å². The summed E-state index contributed by atoms with van der Waals surface area (Å²) in [6.07, 6.45) is 0.964. The van der Waals surface area contributed by atoms with Crippen molar-refractivity contribution in [3.05, 3.63) is 23.8 Å². The number of nitrogens with zero attached hydrogens (tertiary/aromatic N) is 1. The molecule has 0 unspecified atom stereocenters. The number of amides is 1. The Morgan fingerprint density at radius 1 is 1.43 bits per heavy atom. The van der Waals surface area contributed by atoms with E-state index in [4.69, 9.17) is 9.47 Å². The first kappa shape index (κ1) is 17.3. The maximum atomic E-state index is 12.1. The summed E-state index contributed by atoms with van der Waals surface area (Å²) in [6.45, 7) is 7.32. The molecule has 1 aliphatic rings. The van der Waals surface area contributed by atoms with Gasteiger partial charge in [0.05, 0.1) is 18.3 Å². The number of rotatable bonds is 7. The molecular formula is C17H24N2O4. The van der Waals surface area contributed by atoms with Gasteiger partial charge in [0.25, 0.3) is 0 Å². The highest BCUT2D eigenvalue weighted by molar-refractivity contribution is 5.89. The van der Waals surface area contributed by atoms with Crippen LogP contribution in [-0.4, -0.2) is 44.2 Å². The first-order valence-electron chi connectivity index (χ1n) is 7.90. The first-order chi connectivity index (χ1) is 11.0. The number of nitrogens with one attached hydrogen (secondary N) is 1. The summed E-state index contributed by atoms with van der Waals surface area (Å²) >= 11 is 0. The molecule has 1 aromatic rings. The number of hydrogen-bond donors (Lipinski definition) is 1. The number of ether oxygens (including phenoxy) is 2. The molecule has 0 bridgehead atoms. The number of benzene rings is 1. The molecule has 0 atom stereocenters. The van der Waals surface area contributed by atoms with E-state index in [0.717, 1.165) is 17.7 Å². The van der Waals surface area contributed by atoms with Gasteiger partial charge in [0.15, 0.2) is 5.75 Å². The maximum absolute atomic E-state index is 12.1. The fraction of sp³-hybridized carbons (Fsp3) is 0.529. The number of anilines is 1. The van der Waals surface area contributed by atoms with Gasteiger partial charge in [-0.15, -0.1) is 0 Å². The van der Waals surface area contributed by atoms with Gasteiger partial charge in [-0.3, -0.25) is 4.79 Å². The van der Waals surface area contributed by atoms with E-state index >= 15 is 0 Å². The van der Waals surface area contributed by atoms with E-state index < -0.39 is 0 Å². The Morgan fingerprint density at radius 2 is 2.22 bits per heavy atom. The highest BCUT2D eigenvalue weighted by Crippen LogP contribution is 2.32. The number of carbonyl (C=O) groups is 2. The minimum Gasteiger partial charge on any atom is -0.423 e. The predicted molar refractivity (Wildman–Crippen MR) is 87.7 cm³/mol. The van der Waals surface area contributed by atoms with E-state index in [0.29, 0.717) is 18.9 Å². The average molecular weight is 320 g/mol. The van der Waals surface area contributed by atoms with Gasteiger partial charge >= 0.3 is 5.97 Å². The van der Waals surface area contributed by atoms with Gasteiger partial charge in [-0.05, 0) is 44.9 Å². The molecule has 0 saturated heterocycles. The van der Waals surface area contributed by atoms with Crippen LogP contribution >= 0.6 is 0 Å². The van der Waals surface area contributed by atoms with Crippen LogP contribution in [0.25, 0.3) is 0 Å². The molecule has 0 spiro atoms. The third-order valence-corrected chi connectivity index (χ3v) is 3.43. The zero-order valence-corrected chi connectivity index (χ0v) is 13.9. The lowest BCUT2D eigenvalue weighted by Gasteiger charge is -2.29. The predicted octanol–water partition coefficient (Wildman–Crippen LogP) is 1.65. The van der Waals surface area contributed by atoms with Crippen molar-refractivity contribution in [2.45, 2.75) is 33.3 Å². The zero-order chi connectivity index (χ0) is 16.8. The second kappa shape index (κ2) is 7.97. The summed E-state index contributed by atoms with van der Waals surface area (Å²) in [5.41, 5.74) is 1.83. The molecule has 0 radical (unpaired) electrons. The molecular weight excluding hydrogens is 296 g/mol. The van der Waals surface area contributed by atoms with Crippen LogP contribution in [0.3, 0.4) is 0 Å². The second-order valence-corrected chi connectivity index (χ2v) is 5.92. The van der Waals surface area contributed by atoms with Crippen molar-refractivity contribution in [2.75, 3.05) is 31.1 Å². The summed E-state index contributed by atoms with van der Waals surface area (Å²) in [4.78, 5) is 25.5. The lowest BCUT2D eigenvalue weighted by molar-refractivity contribution is -0.133. The van der Waals surface area contributed by atoms with Crippen molar-refractivity contribution in [2.24, 2.45) is 0 Å². The molecule has 1 heterocycles. The Labute approximate surface area is 136 Å². The van der Waals surface area contributed by atoms with Gasteiger partial charge in [-0.1, -0.05) is 6.07 Å². The SMILES string of the molecule is Cc1ccc2c(c1)N(CC(=O)NCCCOC(C)C)CC(=O)O2. The molecule has 0 aliphatic carbocycles. The molecule has 1 aliphatic heterocycles. The Morgan fingerprint density at radius 3 is 2.96 bits per heavy atom. The van der Waals surface area contributed by atoms with Crippen molar-refractivity contribution in [3.63, 3.8) is 0 Å². The molecule has 1 amide bonds. The lowest BCUT2D eigenvalue weighted by atomic mass is 10.1. The molecule has 0 fully saturated rings. The fourth-order valence-electron chi connectivity index (χ4n) is 2.35. The van der Waals surface area contributed by atoms with E-state index in [9.17, 15) is 9.59 Å². The van der Waals surface area contributed by atoms with Gasteiger partial charge in [0.1, 0.15) is 6.54 Å². The standard InChI is InChI=1S/C17H24N2O4/c1-12(2)22-8-4-7-18-16(20)10-19-11-17(21)23-15-6-5-13(3)9-14(15)19/h5-6,9,12H,4,7-8,10-11H2,1-3H3,(H,18,20).